The molecule has 1 rings (SSSR count). The largest absolute Gasteiger partial charge is 0.481 e. The molecule has 0 aromatic rings. The fourth-order valence-electron chi connectivity index (χ4n) is 6.64. The zero-order chi connectivity index (χ0) is 53.4. The van der Waals surface area contributed by atoms with Crippen LogP contribution in [0.4, 0.5) is 0 Å². The van der Waals surface area contributed by atoms with E-state index in [2.05, 4.69) is 37.2 Å². The van der Waals surface area contributed by atoms with Gasteiger partial charge in [0.1, 0.15) is 48.3 Å². The smallest absolute Gasteiger partial charge is 0.326 e. The van der Waals surface area contributed by atoms with Crippen LogP contribution >= 0.6 is 11.8 Å². The number of aliphatic hydroxyl groups excluding tert-OH is 2. The Hall–Kier alpha value is -6.66. The summed E-state index contributed by atoms with van der Waals surface area (Å²) in [4.78, 5) is 166. The number of nitrogens with zero attached hydrogens (tertiary/aromatic N) is 1. The van der Waals surface area contributed by atoms with Crippen LogP contribution in [0.25, 0.3) is 0 Å². The average Bonchev–Trinajstić information content (AvgIpc) is 3.79. The Morgan fingerprint density at radius 1 is 0.629 bits per heavy atom. The normalized spacial score (nSPS) is 16.6. The second kappa shape index (κ2) is 30.7. The van der Waals surface area contributed by atoms with E-state index in [9.17, 15) is 87.9 Å². The molecule has 9 atom stereocenters. The maximum absolute atomic E-state index is 13.9. The summed E-state index contributed by atoms with van der Waals surface area (Å²) in [5.41, 5.74) is 5.21. The molecule has 0 aliphatic carbocycles. The van der Waals surface area contributed by atoms with E-state index in [4.69, 9.17) is 10.8 Å². The number of hydrogen-bond acceptors (Lipinski definition) is 17. The van der Waals surface area contributed by atoms with Gasteiger partial charge in [0.05, 0.1) is 32.2 Å². The van der Waals surface area contributed by atoms with Gasteiger partial charge in [-0.1, -0.05) is 13.8 Å². The highest BCUT2D eigenvalue weighted by atomic mass is 32.2. The molecule has 0 aromatic heterocycles. The molecule has 0 aromatic carbocycles. The van der Waals surface area contributed by atoms with Gasteiger partial charge in [0.15, 0.2) is 0 Å². The van der Waals surface area contributed by atoms with Crippen molar-refractivity contribution >= 4 is 88.8 Å². The lowest BCUT2D eigenvalue weighted by molar-refractivity contribution is -0.147. The lowest BCUT2D eigenvalue weighted by Gasteiger charge is -2.29. The van der Waals surface area contributed by atoms with Crippen LogP contribution in [0.15, 0.2) is 0 Å². The van der Waals surface area contributed by atoms with Crippen molar-refractivity contribution < 1.29 is 93.0 Å². The molecule has 1 fully saturated rings. The number of amides is 9. The number of carboxylic acid groups (broad SMARTS) is 4. The predicted molar refractivity (Wildman–Crippen MR) is 241 cm³/mol. The summed E-state index contributed by atoms with van der Waals surface area (Å²) in [6, 6.07) is -12.9. The van der Waals surface area contributed by atoms with Crippen LogP contribution in [-0.2, 0) is 62.3 Å². The Morgan fingerprint density at radius 3 is 1.59 bits per heavy atom. The number of rotatable bonds is 32. The Kier molecular flexibility index (Phi) is 27.0. The molecule has 29 nitrogen and oxygen atoms in total. The van der Waals surface area contributed by atoms with E-state index in [1.54, 1.807) is 6.26 Å². The van der Waals surface area contributed by atoms with Crippen molar-refractivity contribution in [2.45, 2.75) is 127 Å². The van der Waals surface area contributed by atoms with Gasteiger partial charge in [-0.05, 0) is 57.0 Å². The van der Waals surface area contributed by atoms with Crippen molar-refractivity contribution in [3.05, 3.63) is 0 Å². The highest BCUT2D eigenvalue weighted by Gasteiger charge is 2.39. The summed E-state index contributed by atoms with van der Waals surface area (Å²) in [5.74, 6) is -15.8. The minimum absolute atomic E-state index is 0.0466. The first-order valence-corrected chi connectivity index (χ1v) is 23.2. The van der Waals surface area contributed by atoms with Crippen molar-refractivity contribution in [2.75, 3.05) is 38.2 Å². The van der Waals surface area contributed by atoms with Gasteiger partial charge in [-0.2, -0.15) is 11.8 Å². The van der Waals surface area contributed by atoms with Crippen LogP contribution in [0.3, 0.4) is 0 Å². The van der Waals surface area contributed by atoms with E-state index in [1.165, 1.54) is 25.6 Å². The third kappa shape index (κ3) is 21.3. The van der Waals surface area contributed by atoms with Gasteiger partial charge in [0.2, 0.25) is 53.2 Å². The molecule has 0 unspecified atom stereocenters. The van der Waals surface area contributed by atoms with Crippen LogP contribution in [-0.4, -0.2) is 205 Å². The predicted octanol–water partition coefficient (Wildman–Crippen LogP) is -6.48. The number of likely N-dealkylation sites (tertiary alicyclic amines) is 1. The topological polar surface area (TPSA) is 469 Å². The molecule has 394 valence electrons. The van der Waals surface area contributed by atoms with Crippen LogP contribution in [0.5, 0.6) is 0 Å². The second-order valence-corrected chi connectivity index (χ2v) is 17.2. The first-order chi connectivity index (χ1) is 32.8. The van der Waals surface area contributed by atoms with Gasteiger partial charge in [-0.25, -0.2) is 4.79 Å². The molecule has 0 bridgehead atoms. The average molecular weight is 1020 g/mol. The summed E-state index contributed by atoms with van der Waals surface area (Å²) in [6.07, 6.45) is -3.47. The van der Waals surface area contributed by atoms with E-state index in [0.29, 0.717) is 6.42 Å². The van der Waals surface area contributed by atoms with Gasteiger partial charge in [0, 0.05) is 19.4 Å². The van der Waals surface area contributed by atoms with Gasteiger partial charge >= 0.3 is 23.9 Å². The highest BCUT2D eigenvalue weighted by molar-refractivity contribution is 7.98. The van der Waals surface area contributed by atoms with Gasteiger partial charge in [-0.15, -0.1) is 0 Å². The zero-order valence-electron chi connectivity index (χ0n) is 38.9. The van der Waals surface area contributed by atoms with E-state index < -0.39 is 189 Å². The Labute approximate surface area is 404 Å². The number of aliphatic carboxylic acids is 4. The molecule has 1 aliphatic rings. The van der Waals surface area contributed by atoms with Crippen LogP contribution in [0.2, 0.25) is 0 Å². The highest BCUT2D eigenvalue weighted by Crippen LogP contribution is 2.18. The third-order valence-electron chi connectivity index (χ3n) is 10.4. The second-order valence-electron chi connectivity index (χ2n) is 16.3. The first-order valence-electron chi connectivity index (χ1n) is 21.8. The lowest BCUT2D eigenvalue weighted by Crippen LogP contribution is -2.61. The van der Waals surface area contributed by atoms with Crippen molar-refractivity contribution in [2.24, 2.45) is 11.7 Å². The van der Waals surface area contributed by atoms with E-state index in [-0.39, 0.29) is 25.1 Å². The van der Waals surface area contributed by atoms with Crippen LogP contribution in [0.1, 0.15) is 72.1 Å². The number of carbonyl (C=O) groups is 13. The lowest BCUT2D eigenvalue weighted by atomic mass is 10.0. The fraction of sp³-hybridized carbons (Fsp3) is 0.675. The van der Waals surface area contributed by atoms with Crippen molar-refractivity contribution in [3.8, 4) is 0 Å². The molecular weight excluding hydrogens is 957 g/mol. The standard InChI is InChI=1S/C40H64N10O19S/c1-18(2)31(38(66)47-23(40(68)69)14-30(59)60)48-36(64)21(8-10-29(57)58)45-34(62)20(7-9-28(55)56)44-35(63)22(11-13-70-4)46-39(67)32(19(3)52)49-37(65)25-6-5-12-50(25)27(54)16-42-33(61)24(17-51)43-26(53)15-41/h18-25,31-32,51-52H,5-17,41H2,1-4H3,(H,42,61)(H,43,53)(H,44,63)(H,45,62)(H,46,67)(H,47,66)(H,48,64)(H,49,65)(H,55,56)(H,57,58)(H,59,60)(H,68,69)/t19-,20+,21+,22+,23+,24+,25+,31+,32+/m1/s1. The van der Waals surface area contributed by atoms with Crippen molar-refractivity contribution in [1.82, 2.24) is 47.4 Å². The summed E-state index contributed by atoms with van der Waals surface area (Å²) in [6.45, 7) is 2.09. The van der Waals surface area contributed by atoms with E-state index in [1.807, 2.05) is 5.32 Å². The molecule has 1 saturated heterocycles. The van der Waals surface area contributed by atoms with Crippen molar-refractivity contribution in [1.29, 1.82) is 0 Å². The number of thioether (sulfide) groups is 1. The molecular formula is C40H64N10O19S. The SMILES string of the molecule is CSCC[C@H](NC(=O)[C@@H](NC(=O)[C@@H]1CCCN1C(=O)CNC(=O)[C@H](CO)NC(=O)CN)[C@@H](C)O)C(=O)N[C@@H](CCC(=O)O)C(=O)N[C@@H](CCC(=O)O)C(=O)N[C@H](C(=O)N[C@@H](CC(=O)O)C(=O)O)C(C)C. The Bertz CT molecular complexity index is 1920. The molecule has 0 radical (unpaired) electrons. The maximum Gasteiger partial charge on any atom is 0.326 e. The number of aliphatic hydroxyl groups is 2. The molecule has 30 heteroatoms. The Balaban J connectivity index is 3.32. The van der Waals surface area contributed by atoms with E-state index in [0.717, 1.165) is 11.8 Å². The molecule has 0 spiro atoms. The first kappa shape index (κ1) is 61.4. The minimum Gasteiger partial charge on any atom is -0.481 e. The summed E-state index contributed by atoms with van der Waals surface area (Å²) in [7, 11) is 0. The summed E-state index contributed by atoms with van der Waals surface area (Å²) in [5, 5.41) is 75.3. The molecule has 70 heavy (non-hydrogen) atoms. The maximum atomic E-state index is 13.9. The molecule has 16 N–H and O–H groups in total. The summed E-state index contributed by atoms with van der Waals surface area (Å²) < 4.78 is 0. The number of hydrogen-bond donors (Lipinski definition) is 15. The van der Waals surface area contributed by atoms with Gasteiger partial charge in [0.25, 0.3) is 0 Å². The fourth-order valence-corrected chi connectivity index (χ4v) is 7.11. The monoisotopic (exact) mass is 1020 g/mol. The zero-order valence-corrected chi connectivity index (χ0v) is 39.7. The number of nitrogens with two attached hydrogens (primary N) is 1. The molecule has 0 saturated carbocycles. The molecule has 1 heterocycles. The molecule has 1 aliphatic heterocycles. The van der Waals surface area contributed by atoms with Crippen LogP contribution < -0.4 is 48.3 Å². The van der Waals surface area contributed by atoms with Crippen molar-refractivity contribution in [3.63, 3.8) is 0 Å². The minimum atomic E-state index is -1.91. The van der Waals surface area contributed by atoms with E-state index >= 15 is 0 Å². The third-order valence-corrected chi connectivity index (χ3v) is 11.1. The van der Waals surface area contributed by atoms with Gasteiger partial charge in [-0.3, -0.25) is 57.5 Å². The Morgan fingerprint density at radius 2 is 1.13 bits per heavy atom. The number of carboxylic acids is 4. The quantitative estimate of drug-likeness (QED) is 0.0298. The number of carbonyl (C=O) groups excluding carboxylic acids is 9. The molecule has 9 amide bonds. The van der Waals surface area contributed by atoms with Crippen LogP contribution in [0, 0.1) is 5.92 Å². The van der Waals surface area contributed by atoms with Gasteiger partial charge < -0.3 is 83.8 Å². The number of nitrogens with one attached hydrogen (secondary N) is 8. The summed E-state index contributed by atoms with van der Waals surface area (Å²) >= 11 is 1.22.